The van der Waals surface area contributed by atoms with E-state index in [1.54, 1.807) is 0 Å². The maximum atomic E-state index is 3.49. The first-order valence-electron chi connectivity index (χ1n) is 9.95. The van der Waals surface area contributed by atoms with Crippen molar-refractivity contribution in [2.24, 2.45) is 23.7 Å². The van der Waals surface area contributed by atoms with Gasteiger partial charge in [0.1, 0.15) is 0 Å². The van der Waals surface area contributed by atoms with E-state index in [1.807, 2.05) is 0 Å². The van der Waals surface area contributed by atoms with Crippen molar-refractivity contribution in [3.63, 3.8) is 0 Å². The molecule has 2 aliphatic rings. The lowest BCUT2D eigenvalue weighted by Gasteiger charge is -2.26. The Hall–Kier alpha value is -0.700. The van der Waals surface area contributed by atoms with Crippen LogP contribution in [0.15, 0.2) is 12.2 Å². The fourth-order valence-corrected chi connectivity index (χ4v) is 4.11. The van der Waals surface area contributed by atoms with E-state index in [4.69, 9.17) is 0 Å². The average molecular weight is 301 g/mol. The summed E-state index contributed by atoms with van der Waals surface area (Å²) in [6.45, 7) is 4.68. The van der Waals surface area contributed by atoms with Crippen molar-refractivity contribution in [2.45, 2.75) is 90.9 Å². The molecule has 0 aromatic heterocycles. The summed E-state index contributed by atoms with van der Waals surface area (Å²) in [5.74, 6) is 10.3. The van der Waals surface area contributed by atoms with Crippen molar-refractivity contribution in [3.05, 3.63) is 12.2 Å². The van der Waals surface area contributed by atoms with E-state index < -0.39 is 0 Å². The first-order valence-corrected chi connectivity index (χ1v) is 9.95. The molecule has 0 unspecified atom stereocenters. The molecule has 0 amide bonds. The molecule has 2 fully saturated rings. The van der Waals surface area contributed by atoms with Gasteiger partial charge in [-0.3, -0.25) is 0 Å². The first kappa shape index (κ1) is 17.7. The van der Waals surface area contributed by atoms with Crippen molar-refractivity contribution < 1.29 is 0 Å². The minimum Gasteiger partial charge on any atom is -0.0951 e. The molecule has 0 aromatic rings. The molecular formula is C22H36. The second-order valence-electron chi connectivity index (χ2n) is 7.88. The molecule has 0 aromatic carbocycles. The van der Waals surface area contributed by atoms with Crippen LogP contribution in [-0.4, -0.2) is 0 Å². The van der Waals surface area contributed by atoms with Gasteiger partial charge < -0.3 is 0 Å². The van der Waals surface area contributed by atoms with Gasteiger partial charge in [0.2, 0.25) is 0 Å². The monoisotopic (exact) mass is 300 g/mol. The molecule has 0 radical (unpaired) electrons. The minimum atomic E-state index is 0.676. The van der Waals surface area contributed by atoms with Crippen LogP contribution >= 0.6 is 0 Å². The van der Waals surface area contributed by atoms with E-state index in [-0.39, 0.29) is 0 Å². The number of hydrogen-bond donors (Lipinski definition) is 0. The smallest absolute Gasteiger partial charge is 0.0206 e. The van der Waals surface area contributed by atoms with E-state index in [0.717, 1.165) is 17.8 Å². The normalized spacial score (nSPS) is 32.6. The summed E-state index contributed by atoms with van der Waals surface area (Å²) >= 11 is 0. The van der Waals surface area contributed by atoms with Crippen molar-refractivity contribution in [3.8, 4) is 11.8 Å². The molecule has 2 aliphatic carbocycles. The molecule has 0 heteroatoms. The molecule has 2 saturated carbocycles. The highest BCUT2D eigenvalue weighted by Gasteiger charge is 2.19. The van der Waals surface area contributed by atoms with Crippen LogP contribution in [0.2, 0.25) is 0 Å². The lowest BCUT2D eigenvalue weighted by atomic mass is 9.79. The second-order valence-corrected chi connectivity index (χ2v) is 7.88. The number of hydrogen-bond acceptors (Lipinski definition) is 0. The Kier molecular flexibility index (Phi) is 8.14. The van der Waals surface area contributed by atoms with E-state index in [2.05, 4.69) is 37.8 Å². The predicted octanol–water partition coefficient (Wildman–Crippen LogP) is 6.76. The number of allylic oxidation sites excluding steroid dienone is 2. The zero-order valence-electron chi connectivity index (χ0n) is 14.9. The Labute approximate surface area is 139 Å². The molecule has 0 atom stereocenters. The summed E-state index contributed by atoms with van der Waals surface area (Å²) in [5.41, 5.74) is 0. The van der Waals surface area contributed by atoms with Gasteiger partial charge in [0.15, 0.2) is 0 Å². The summed E-state index contributed by atoms with van der Waals surface area (Å²) in [5, 5.41) is 0. The van der Waals surface area contributed by atoms with E-state index >= 15 is 0 Å². The molecule has 124 valence electrons. The lowest BCUT2D eigenvalue weighted by Crippen LogP contribution is -2.13. The lowest BCUT2D eigenvalue weighted by molar-refractivity contribution is 0.289. The number of rotatable bonds is 5. The van der Waals surface area contributed by atoms with Crippen LogP contribution in [0.4, 0.5) is 0 Å². The van der Waals surface area contributed by atoms with Crippen LogP contribution in [-0.2, 0) is 0 Å². The highest BCUT2D eigenvalue weighted by molar-refractivity contribution is 5.18. The molecular weight excluding hydrogens is 264 g/mol. The molecule has 0 saturated heterocycles. The number of unbranched alkanes of at least 4 members (excludes halogenated alkanes) is 2. The van der Waals surface area contributed by atoms with Gasteiger partial charge >= 0.3 is 0 Å². The van der Waals surface area contributed by atoms with Gasteiger partial charge in [-0.15, -0.1) is 0 Å². The van der Waals surface area contributed by atoms with Gasteiger partial charge in [-0.2, -0.15) is 0 Å². The van der Waals surface area contributed by atoms with Crippen LogP contribution < -0.4 is 0 Å². The summed E-state index contributed by atoms with van der Waals surface area (Å²) in [6.07, 6.45) is 21.4. The van der Waals surface area contributed by atoms with Gasteiger partial charge in [-0.05, 0) is 75.2 Å². The Morgan fingerprint density at radius 3 is 2.32 bits per heavy atom. The molecule has 22 heavy (non-hydrogen) atoms. The summed E-state index contributed by atoms with van der Waals surface area (Å²) < 4.78 is 0. The van der Waals surface area contributed by atoms with E-state index in [0.29, 0.717) is 5.92 Å². The highest BCUT2D eigenvalue weighted by Crippen LogP contribution is 2.32. The van der Waals surface area contributed by atoms with Crippen molar-refractivity contribution in [2.75, 3.05) is 0 Å². The molecule has 0 bridgehead atoms. The van der Waals surface area contributed by atoms with Crippen LogP contribution in [0.3, 0.4) is 0 Å². The largest absolute Gasteiger partial charge is 0.0951 e. The minimum absolute atomic E-state index is 0.676. The summed E-state index contributed by atoms with van der Waals surface area (Å²) in [6, 6.07) is 0. The fourth-order valence-electron chi connectivity index (χ4n) is 4.11. The molecule has 0 heterocycles. The van der Waals surface area contributed by atoms with Crippen LogP contribution in [0.25, 0.3) is 0 Å². The Balaban J connectivity index is 1.61. The maximum absolute atomic E-state index is 3.49. The van der Waals surface area contributed by atoms with E-state index in [9.17, 15) is 0 Å². The molecule has 0 N–H and O–H groups in total. The molecule has 0 aliphatic heterocycles. The first-order chi connectivity index (χ1) is 10.8. The topological polar surface area (TPSA) is 0 Å². The van der Waals surface area contributed by atoms with Crippen molar-refractivity contribution in [1.82, 2.24) is 0 Å². The summed E-state index contributed by atoms with van der Waals surface area (Å²) in [7, 11) is 0. The van der Waals surface area contributed by atoms with Gasteiger partial charge in [0.25, 0.3) is 0 Å². The quantitative estimate of drug-likeness (QED) is 0.388. The summed E-state index contributed by atoms with van der Waals surface area (Å²) in [4.78, 5) is 0. The Bertz CT molecular complexity index is 365. The second kappa shape index (κ2) is 10.1. The zero-order valence-corrected chi connectivity index (χ0v) is 14.9. The van der Waals surface area contributed by atoms with Crippen LogP contribution in [0.1, 0.15) is 90.9 Å². The van der Waals surface area contributed by atoms with Gasteiger partial charge in [0, 0.05) is 5.92 Å². The molecule has 0 spiro atoms. The third kappa shape index (κ3) is 6.60. The fraction of sp³-hybridized carbons (Fsp3) is 0.818. The van der Waals surface area contributed by atoms with Crippen molar-refractivity contribution >= 4 is 0 Å². The van der Waals surface area contributed by atoms with Gasteiger partial charge in [-0.1, -0.05) is 57.4 Å². The van der Waals surface area contributed by atoms with Crippen LogP contribution in [0, 0.1) is 35.5 Å². The Morgan fingerprint density at radius 2 is 1.64 bits per heavy atom. The predicted molar refractivity (Wildman–Crippen MR) is 97.6 cm³/mol. The third-order valence-electron chi connectivity index (χ3n) is 5.86. The van der Waals surface area contributed by atoms with Crippen molar-refractivity contribution in [1.29, 1.82) is 0 Å². The van der Waals surface area contributed by atoms with Gasteiger partial charge in [-0.25, -0.2) is 0 Å². The molecule has 2 rings (SSSR count). The standard InChI is InChI=1S/C22H36/c1-3-4-5-8-21-15-17-22(18-16-21)10-7-6-9-20-13-11-19(2)12-14-20/h7,10,19-22H,3-5,8,11-18H2,1-2H3/b10-7+. The third-order valence-corrected chi connectivity index (χ3v) is 5.86. The van der Waals surface area contributed by atoms with E-state index in [1.165, 1.54) is 77.0 Å². The Morgan fingerprint density at radius 1 is 0.909 bits per heavy atom. The average Bonchev–Trinajstić information content (AvgIpc) is 2.55. The van der Waals surface area contributed by atoms with Crippen LogP contribution in [0.5, 0.6) is 0 Å². The molecule has 0 nitrogen and oxygen atoms in total. The zero-order chi connectivity index (χ0) is 15.6. The SMILES string of the molecule is CCCCCC1CCC(/C=C/C#CC2CCC(C)CC2)CC1. The van der Waals surface area contributed by atoms with Gasteiger partial charge in [0.05, 0.1) is 0 Å². The maximum Gasteiger partial charge on any atom is 0.0206 e. The highest BCUT2D eigenvalue weighted by atomic mass is 14.2.